The molecule has 5 atom stereocenters. The van der Waals surface area contributed by atoms with Crippen LogP contribution in [0, 0.1) is 0 Å². The zero-order valence-corrected chi connectivity index (χ0v) is 35.7. The molecule has 0 unspecified atom stereocenters. The average Bonchev–Trinajstić information content (AvgIpc) is 3.46. The molecule has 0 saturated carbocycles. The Morgan fingerprint density at radius 1 is 0.824 bits per heavy atom. The molecule has 3 rings (SSSR count). The average molecular weight is 784 g/mol. The number of alkyl halides is 3. The molecule has 0 bridgehead atoms. The normalized spacial score (nSPS) is 24.6. The fraction of sp³-hybridized carbons (Fsp3) is 0.861. The summed E-state index contributed by atoms with van der Waals surface area (Å²) in [5.41, 5.74) is -1.72. The fourth-order valence-electron chi connectivity index (χ4n) is 9.19. The van der Waals surface area contributed by atoms with Gasteiger partial charge in [-0.25, -0.2) is 4.98 Å². The van der Waals surface area contributed by atoms with Gasteiger partial charge in [0.2, 0.25) is 22.5 Å². The SMILES string of the molecule is C=C1C[C@H](C[C@@H]2C[C@H](O[Si](C(C)C)(C(C)C)C(C)C)C[C@H](c3coc(CO[Si](C(C)C)(C(C)C)C(C)C)n3)O2)O[C@@H](COS(=O)(=O)C(F)(F)F)C1. The van der Waals surface area contributed by atoms with Crippen LogP contribution in [0.15, 0.2) is 22.8 Å². The van der Waals surface area contributed by atoms with Crippen molar-refractivity contribution in [1.29, 1.82) is 0 Å². The van der Waals surface area contributed by atoms with Crippen LogP contribution in [0.25, 0.3) is 0 Å². The Morgan fingerprint density at radius 2 is 1.35 bits per heavy atom. The molecule has 2 aliphatic rings. The van der Waals surface area contributed by atoms with Gasteiger partial charge in [-0.3, -0.25) is 4.18 Å². The first-order valence-corrected chi connectivity index (χ1v) is 24.3. The quantitative estimate of drug-likeness (QED) is 0.0660. The smallest absolute Gasteiger partial charge is 0.446 e. The predicted octanol–water partition coefficient (Wildman–Crippen LogP) is 10.5. The van der Waals surface area contributed by atoms with Crippen molar-refractivity contribution in [3.63, 3.8) is 0 Å². The molecule has 1 aromatic heterocycles. The van der Waals surface area contributed by atoms with Crippen LogP contribution in [0.2, 0.25) is 33.2 Å². The highest BCUT2D eigenvalue weighted by Gasteiger charge is 2.50. The van der Waals surface area contributed by atoms with Gasteiger partial charge in [0.25, 0.3) is 0 Å². The Kier molecular flexibility index (Phi) is 15.3. The first-order valence-electron chi connectivity index (χ1n) is 18.6. The Hall–Kier alpha value is -1.08. The lowest BCUT2D eigenvalue weighted by atomic mass is 9.92. The van der Waals surface area contributed by atoms with Crippen molar-refractivity contribution < 1.29 is 48.5 Å². The van der Waals surface area contributed by atoms with E-state index < -0.39 is 57.2 Å². The summed E-state index contributed by atoms with van der Waals surface area (Å²) in [6.45, 7) is 30.5. The molecule has 15 heteroatoms. The Balaban J connectivity index is 1.86. The van der Waals surface area contributed by atoms with Crippen LogP contribution in [-0.4, -0.2) is 66.6 Å². The summed E-state index contributed by atoms with van der Waals surface area (Å²) < 4.78 is 99.0. The third-order valence-electron chi connectivity index (χ3n) is 11.1. The topological polar surface area (TPSA) is 106 Å². The van der Waals surface area contributed by atoms with Crippen LogP contribution in [0.5, 0.6) is 0 Å². The third kappa shape index (κ3) is 10.4. The molecule has 0 spiro atoms. The van der Waals surface area contributed by atoms with Crippen LogP contribution in [0.1, 0.15) is 133 Å². The monoisotopic (exact) mass is 783 g/mol. The van der Waals surface area contributed by atoms with E-state index in [1.54, 1.807) is 6.26 Å². The minimum absolute atomic E-state index is 0.130. The Morgan fingerprint density at radius 3 is 1.86 bits per heavy atom. The van der Waals surface area contributed by atoms with E-state index in [1.165, 1.54) is 0 Å². The maximum Gasteiger partial charge on any atom is 0.523 e. The molecule has 0 aliphatic carbocycles. The maximum atomic E-state index is 12.9. The van der Waals surface area contributed by atoms with Crippen LogP contribution < -0.4 is 0 Å². The van der Waals surface area contributed by atoms with Crippen molar-refractivity contribution in [2.45, 2.75) is 191 Å². The summed E-state index contributed by atoms with van der Waals surface area (Å²) in [6, 6.07) is 0. The number of aromatic nitrogens is 1. The number of rotatable bonds is 17. The van der Waals surface area contributed by atoms with E-state index in [2.05, 4.69) is 93.8 Å². The van der Waals surface area contributed by atoms with E-state index in [-0.39, 0.29) is 25.2 Å². The van der Waals surface area contributed by atoms with Gasteiger partial charge in [0, 0.05) is 12.8 Å². The van der Waals surface area contributed by atoms with Gasteiger partial charge in [-0.15, -0.1) is 0 Å². The number of oxazole rings is 1. The molecule has 2 aliphatic heterocycles. The van der Waals surface area contributed by atoms with Gasteiger partial charge in [0.1, 0.15) is 24.7 Å². The second-order valence-electron chi connectivity index (χ2n) is 16.5. The highest BCUT2D eigenvalue weighted by atomic mass is 32.2. The maximum absolute atomic E-state index is 12.9. The molecule has 2 saturated heterocycles. The zero-order valence-electron chi connectivity index (χ0n) is 32.8. The first kappa shape index (κ1) is 44.3. The van der Waals surface area contributed by atoms with E-state index in [0.29, 0.717) is 70.5 Å². The van der Waals surface area contributed by atoms with Crippen LogP contribution in [0.4, 0.5) is 13.2 Å². The molecule has 296 valence electrons. The van der Waals surface area contributed by atoms with E-state index in [1.807, 2.05) is 0 Å². The van der Waals surface area contributed by atoms with Crippen LogP contribution in [0.3, 0.4) is 0 Å². The summed E-state index contributed by atoms with van der Waals surface area (Å²) in [4.78, 5) is 4.87. The first-order chi connectivity index (χ1) is 23.5. The van der Waals surface area contributed by atoms with E-state index in [9.17, 15) is 21.6 Å². The number of halogens is 3. The summed E-state index contributed by atoms with van der Waals surface area (Å²) in [7, 11) is -10.2. The molecule has 3 heterocycles. The molecule has 1 aromatic rings. The van der Waals surface area contributed by atoms with Gasteiger partial charge < -0.3 is 22.7 Å². The number of nitrogens with zero attached hydrogens (tertiary/aromatic N) is 1. The van der Waals surface area contributed by atoms with Gasteiger partial charge in [0.05, 0.1) is 31.0 Å². The lowest BCUT2D eigenvalue weighted by Gasteiger charge is -2.47. The second-order valence-corrected chi connectivity index (χ2v) is 29.0. The second kappa shape index (κ2) is 17.6. The van der Waals surface area contributed by atoms with Gasteiger partial charge >= 0.3 is 15.6 Å². The summed E-state index contributed by atoms with van der Waals surface area (Å²) in [5.74, 6) is 0.505. The number of ether oxygens (including phenoxy) is 2. The summed E-state index contributed by atoms with van der Waals surface area (Å²) >= 11 is 0. The lowest BCUT2D eigenvalue weighted by Crippen LogP contribution is -2.52. The molecular formula is C36H64F3NO8SSi2. The Labute approximate surface area is 307 Å². The summed E-state index contributed by atoms with van der Waals surface area (Å²) in [5, 5.41) is 0. The zero-order chi connectivity index (χ0) is 38.7. The van der Waals surface area contributed by atoms with Crippen molar-refractivity contribution in [3.8, 4) is 0 Å². The molecule has 0 N–H and O–H groups in total. The van der Waals surface area contributed by atoms with Crippen molar-refractivity contribution in [3.05, 3.63) is 30.0 Å². The van der Waals surface area contributed by atoms with Crippen molar-refractivity contribution in [1.82, 2.24) is 4.98 Å². The van der Waals surface area contributed by atoms with E-state index >= 15 is 0 Å². The number of hydrogen-bond acceptors (Lipinski definition) is 9. The highest BCUT2D eigenvalue weighted by Crippen LogP contribution is 2.47. The van der Waals surface area contributed by atoms with E-state index in [0.717, 1.165) is 5.57 Å². The minimum atomic E-state index is -5.74. The van der Waals surface area contributed by atoms with Gasteiger partial charge in [-0.05, 0) is 52.5 Å². The predicted molar refractivity (Wildman–Crippen MR) is 198 cm³/mol. The number of hydrogen-bond donors (Lipinski definition) is 0. The van der Waals surface area contributed by atoms with Gasteiger partial charge in [-0.2, -0.15) is 21.6 Å². The highest BCUT2D eigenvalue weighted by molar-refractivity contribution is 7.87. The van der Waals surface area contributed by atoms with Crippen LogP contribution in [-0.2, 0) is 39.2 Å². The summed E-state index contributed by atoms with van der Waals surface area (Å²) in [6.07, 6.45) is 1.71. The molecule has 0 aromatic carbocycles. The molecular weight excluding hydrogens is 720 g/mol. The molecule has 0 radical (unpaired) electrons. The molecule has 0 amide bonds. The molecule has 51 heavy (non-hydrogen) atoms. The van der Waals surface area contributed by atoms with Gasteiger partial charge in [-0.1, -0.05) is 95.2 Å². The van der Waals surface area contributed by atoms with E-state index in [4.69, 9.17) is 27.7 Å². The Bertz CT molecular complexity index is 1340. The largest absolute Gasteiger partial charge is 0.523 e. The minimum Gasteiger partial charge on any atom is -0.446 e. The van der Waals surface area contributed by atoms with Crippen molar-refractivity contribution in [2.75, 3.05) is 6.61 Å². The van der Waals surface area contributed by atoms with Crippen molar-refractivity contribution >= 4 is 26.8 Å². The standard InChI is InChI=1S/C36H64F3NO8SSi2/c1-22(2)50(23(3)4,24(5)6)45-21-35-40-33(20-43-35)34-18-31(48-51(25(7)8,26(9)10)27(11)12)17-30(47-34)16-29-14-28(13)15-32(46-29)19-44-49(41,42)36(37,38)39/h20,22-27,29-32,34H,13-19,21H2,1-12H3/t29-,30-,31+,32-,34-/m1/s1. The fourth-order valence-corrected chi connectivity index (χ4v) is 20.6. The molecule has 2 fully saturated rings. The van der Waals surface area contributed by atoms with Crippen LogP contribution >= 0.6 is 0 Å². The van der Waals surface area contributed by atoms with Gasteiger partial charge in [0.15, 0.2) is 0 Å². The third-order valence-corrected chi connectivity index (χ3v) is 24.4. The van der Waals surface area contributed by atoms with Crippen molar-refractivity contribution in [2.24, 2.45) is 0 Å². The lowest BCUT2D eigenvalue weighted by molar-refractivity contribution is -0.129. The molecule has 9 nitrogen and oxygen atoms in total.